The number of ether oxygens (including phenoxy) is 3. The van der Waals surface area contributed by atoms with E-state index in [2.05, 4.69) is 11.7 Å². The van der Waals surface area contributed by atoms with Crippen molar-refractivity contribution in [1.82, 2.24) is 0 Å². The van der Waals surface area contributed by atoms with E-state index < -0.39 is 56.6 Å². The van der Waals surface area contributed by atoms with Gasteiger partial charge in [-0.15, -0.1) is 0 Å². The molecule has 37 heavy (non-hydrogen) atoms. The fourth-order valence-corrected chi connectivity index (χ4v) is 4.41. The molecular weight excluding hydrogens is 528 g/mol. The largest absolute Gasteiger partial charge is 0.458 e. The minimum Gasteiger partial charge on any atom is -0.458 e. The Morgan fingerprint density at radius 2 is 1.00 bits per heavy atom. The van der Waals surface area contributed by atoms with Crippen molar-refractivity contribution in [1.29, 1.82) is 0 Å². The van der Waals surface area contributed by atoms with Crippen LogP contribution in [0.5, 0.6) is 0 Å². The van der Waals surface area contributed by atoms with E-state index in [0.717, 1.165) is 25.7 Å². The zero-order valence-corrected chi connectivity index (χ0v) is 23.7. The van der Waals surface area contributed by atoms with Crippen LogP contribution >= 0.6 is 0 Å². The second-order valence-corrected chi connectivity index (χ2v) is 12.1. The molecule has 0 bridgehead atoms. The zero-order chi connectivity index (χ0) is 28.0. The molecule has 0 saturated heterocycles. The van der Waals surface area contributed by atoms with Crippen LogP contribution < -0.4 is 0 Å². The quantitative estimate of drug-likeness (QED) is 0.0683. The van der Waals surface area contributed by atoms with E-state index in [1.165, 1.54) is 70.6 Å². The first-order valence-corrected chi connectivity index (χ1v) is 16.5. The molecule has 0 aliphatic carbocycles. The van der Waals surface area contributed by atoms with E-state index in [1.54, 1.807) is 0 Å². The molecule has 0 radical (unpaired) electrons. The van der Waals surface area contributed by atoms with Gasteiger partial charge in [-0.05, 0) is 6.42 Å². The molecule has 0 fully saturated rings. The van der Waals surface area contributed by atoms with Gasteiger partial charge in [0.2, 0.25) is 6.29 Å². The molecule has 0 aliphatic rings. The van der Waals surface area contributed by atoms with Crippen molar-refractivity contribution in [2.45, 2.75) is 116 Å². The Hall–Kier alpha value is -1.28. The van der Waals surface area contributed by atoms with E-state index in [1.807, 2.05) is 0 Å². The summed E-state index contributed by atoms with van der Waals surface area (Å²) < 4.78 is 75.1. The molecule has 220 valence electrons. The Morgan fingerprint density at radius 1 is 0.622 bits per heavy atom. The lowest BCUT2D eigenvalue weighted by Gasteiger charge is -2.18. The molecule has 0 aromatic rings. The van der Waals surface area contributed by atoms with Crippen LogP contribution in [0.25, 0.3) is 0 Å². The highest BCUT2D eigenvalue weighted by molar-refractivity contribution is 7.86. The molecule has 2 N–H and O–H groups in total. The molecule has 0 rings (SSSR count). The van der Waals surface area contributed by atoms with Gasteiger partial charge in [0.05, 0.1) is 6.61 Å². The van der Waals surface area contributed by atoms with E-state index in [0.29, 0.717) is 6.42 Å². The van der Waals surface area contributed by atoms with Crippen LogP contribution in [0.2, 0.25) is 0 Å². The Labute approximate surface area is 222 Å². The van der Waals surface area contributed by atoms with Crippen LogP contribution in [0.1, 0.15) is 110 Å². The lowest BCUT2D eigenvalue weighted by molar-refractivity contribution is -0.191. The van der Waals surface area contributed by atoms with Gasteiger partial charge >= 0.3 is 11.9 Å². The van der Waals surface area contributed by atoms with Gasteiger partial charge in [0.15, 0.2) is 18.1 Å². The van der Waals surface area contributed by atoms with Crippen LogP contribution in [0, 0.1) is 0 Å². The van der Waals surface area contributed by atoms with Gasteiger partial charge in [0.1, 0.15) is 0 Å². The van der Waals surface area contributed by atoms with Gasteiger partial charge in [-0.25, -0.2) is 0 Å². The number of hydrogen-bond donors (Lipinski definition) is 2. The van der Waals surface area contributed by atoms with Crippen molar-refractivity contribution in [3.8, 4) is 0 Å². The lowest BCUT2D eigenvalue weighted by atomic mass is 10.0. The van der Waals surface area contributed by atoms with E-state index >= 15 is 0 Å². The summed E-state index contributed by atoms with van der Waals surface area (Å²) in [6.07, 6.45) is 17.7. The van der Waals surface area contributed by atoms with Crippen molar-refractivity contribution in [3.05, 3.63) is 0 Å². The maximum atomic E-state index is 11.6. The van der Waals surface area contributed by atoms with Gasteiger partial charge in [-0.1, -0.05) is 103 Å². The summed E-state index contributed by atoms with van der Waals surface area (Å²) >= 11 is 0. The summed E-state index contributed by atoms with van der Waals surface area (Å²) in [4.78, 5) is 23.0. The fourth-order valence-electron chi connectivity index (χ4n) is 3.66. The third kappa shape index (κ3) is 27.6. The molecule has 0 aromatic carbocycles. The maximum Gasteiger partial charge on any atom is 0.326 e. The lowest BCUT2D eigenvalue weighted by Crippen LogP contribution is -2.32. The number of esters is 2. The Balaban J connectivity index is 3.96. The van der Waals surface area contributed by atoms with Gasteiger partial charge in [0, 0.05) is 0 Å². The van der Waals surface area contributed by atoms with E-state index in [9.17, 15) is 26.4 Å². The minimum atomic E-state index is -4.63. The van der Waals surface area contributed by atoms with Gasteiger partial charge < -0.3 is 14.2 Å². The molecule has 0 aromatic heterocycles. The highest BCUT2D eigenvalue weighted by Gasteiger charge is 2.22. The molecule has 13 heteroatoms. The normalized spacial score (nSPS) is 12.8. The van der Waals surface area contributed by atoms with Crippen molar-refractivity contribution < 1.29 is 49.7 Å². The monoisotopic (exact) mass is 574 g/mol. The SMILES string of the molecule is CCCCCCCCCCCCCCCCCCOC(COC(=O)CS(=O)(=O)O)OC(=O)CS(=O)(=O)O. The van der Waals surface area contributed by atoms with Crippen molar-refractivity contribution >= 4 is 32.2 Å². The van der Waals surface area contributed by atoms with Gasteiger partial charge in [-0.2, -0.15) is 16.8 Å². The summed E-state index contributed by atoms with van der Waals surface area (Å²) in [5.41, 5.74) is 0. The molecule has 0 spiro atoms. The van der Waals surface area contributed by atoms with Gasteiger partial charge in [-0.3, -0.25) is 18.7 Å². The van der Waals surface area contributed by atoms with Crippen LogP contribution in [0.4, 0.5) is 0 Å². The molecule has 1 unspecified atom stereocenters. The molecule has 11 nitrogen and oxygen atoms in total. The Kier molecular flexibility index (Phi) is 20.9. The molecule has 0 heterocycles. The summed E-state index contributed by atoms with van der Waals surface area (Å²) in [7, 11) is -9.23. The zero-order valence-electron chi connectivity index (χ0n) is 22.1. The van der Waals surface area contributed by atoms with Crippen LogP contribution in [-0.4, -0.2) is 68.9 Å². The average Bonchev–Trinajstić information content (AvgIpc) is 2.77. The highest BCUT2D eigenvalue weighted by Crippen LogP contribution is 2.14. The highest BCUT2D eigenvalue weighted by atomic mass is 32.2. The third-order valence-corrected chi connectivity index (χ3v) is 6.75. The van der Waals surface area contributed by atoms with Crippen LogP contribution in [0.3, 0.4) is 0 Å². The predicted octanol–water partition coefficient (Wildman–Crippen LogP) is 4.45. The molecule has 0 amide bonds. The number of carbonyl (C=O) groups is 2. The topological polar surface area (TPSA) is 171 Å². The maximum absolute atomic E-state index is 11.6. The van der Waals surface area contributed by atoms with Crippen LogP contribution in [0.15, 0.2) is 0 Å². The average molecular weight is 575 g/mol. The number of hydrogen-bond acceptors (Lipinski definition) is 9. The molecule has 0 aliphatic heterocycles. The summed E-state index contributed by atoms with van der Waals surface area (Å²) in [5.74, 6) is -5.24. The van der Waals surface area contributed by atoms with E-state index in [-0.39, 0.29) is 6.61 Å². The van der Waals surface area contributed by atoms with Crippen molar-refractivity contribution in [3.63, 3.8) is 0 Å². The Morgan fingerprint density at radius 3 is 1.41 bits per heavy atom. The second kappa shape index (κ2) is 21.6. The summed E-state index contributed by atoms with van der Waals surface area (Å²) in [6.45, 7) is 1.65. The first-order chi connectivity index (χ1) is 17.4. The van der Waals surface area contributed by atoms with E-state index in [4.69, 9.17) is 18.6 Å². The smallest absolute Gasteiger partial charge is 0.326 e. The fraction of sp³-hybridized carbons (Fsp3) is 0.917. The van der Waals surface area contributed by atoms with Crippen LogP contribution in [-0.2, 0) is 44.0 Å². The van der Waals surface area contributed by atoms with Crippen molar-refractivity contribution in [2.75, 3.05) is 24.7 Å². The second-order valence-electron chi connectivity index (χ2n) is 9.23. The third-order valence-electron chi connectivity index (χ3n) is 5.55. The first kappa shape index (κ1) is 35.7. The molecular formula is C24H46O11S2. The first-order valence-electron chi connectivity index (χ1n) is 13.3. The predicted molar refractivity (Wildman–Crippen MR) is 139 cm³/mol. The number of carbonyl (C=O) groups excluding carboxylic acids is 2. The van der Waals surface area contributed by atoms with Crippen molar-refractivity contribution in [2.24, 2.45) is 0 Å². The summed E-state index contributed by atoms with van der Waals surface area (Å²) in [5, 5.41) is 0. The minimum absolute atomic E-state index is 0.123. The molecule has 1 atom stereocenters. The molecule has 0 saturated carbocycles. The Bertz CT molecular complexity index is 811. The number of rotatable bonds is 25. The number of unbranched alkanes of at least 4 members (excludes halogenated alkanes) is 15. The van der Waals surface area contributed by atoms with Gasteiger partial charge in [0.25, 0.3) is 20.2 Å². The summed E-state index contributed by atoms with van der Waals surface area (Å²) in [6, 6.07) is 0. The standard InChI is InChI=1S/C24H46O11S2/c1-2-3-4-5-6-7-8-9-10-11-12-13-14-15-16-17-18-33-24(35-23(26)21-37(30,31)32)19-34-22(25)20-36(27,28)29/h24H,2-21H2,1H3,(H,27,28,29)(H,30,31,32).